The van der Waals surface area contributed by atoms with Gasteiger partial charge in [-0.25, -0.2) is 0 Å². The molecule has 0 spiro atoms. The second kappa shape index (κ2) is 5.65. The van der Waals surface area contributed by atoms with Gasteiger partial charge in [0.2, 0.25) is 0 Å². The fourth-order valence-electron chi connectivity index (χ4n) is 2.32. The monoisotopic (exact) mass is 230 g/mol. The van der Waals surface area contributed by atoms with Gasteiger partial charge in [-0.3, -0.25) is 4.98 Å². The van der Waals surface area contributed by atoms with Gasteiger partial charge >= 0.3 is 0 Å². The number of pyridine rings is 1. The number of nitrogens with one attached hydrogen (secondary N) is 1. The van der Waals surface area contributed by atoms with Crippen molar-refractivity contribution in [2.45, 2.75) is 44.2 Å². The lowest BCUT2D eigenvalue weighted by Gasteiger charge is -2.24. The average Bonchev–Trinajstić information content (AvgIpc) is 2.56. The van der Waals surface area contributed by atoms with Crippen LogP contribution in [0.25, 0.3) is 0 Å². The van der Waals surface area contributed by atoms with Gasteiger partial charge < -0.3 is 11.1 Å². The van der Waals surface area contributed by atoms with E-state index in [1.807, 2.05) is 0 Å². The number of nitriles is 1. The lowest BCUT2D eigenvalue weighted by molar-refractivity contribution is 0.528. The van der Waals surface area contributed by atoms with E-state index in [4.69, 9.17) is 11.0 Å². The van der Waals surface area contributed by atoms with Crippen LogP contribution in [0.5, 0.6) is 0 Å². The second-order valence-corrected chi connectivity index (χ2v) is 4.59. The van der Waals surface area contributed by atoms with Gasteiger partial charge in [-0.05, 0) is 18.9 Å². The molecule has 4 heteroatoms. The van der Waals surface area contributed by atoms with E-state index in [1.54, 1.807) is 18.5 Å². The van der Waals surface area contributed by atoms with E-state index in [0.29, 0.717) is 5.56 Å². The molecule has 1 saturated carbocycles. The number of anilines is 1. The lowest BCUT2D eigenvalue weighted by atomic mass is 10.0. The maximum absolute atomic E-state index is 9.02. The highest BCUT2D eigenvalue weighted by molar-refractivity contribution is 5.56. The summed E-state index contributed by atoms with van der Waals surface area (Å²) in [4.78, 5) is 4.05. The quantitative estimate of drug-likeness (QED) is 0.762. The predicted octanol–water partition coefficient (Wildman–Crippen LogP) is 2.03. The molecule has 3 N–H and O–H groups in total. The largest absolute Gasteiger partial charge is 0.378 e. The maximum Gasteiger partial charge on any atom is 0.101 e. The van der Waals surface area contributed by atoms with Crippen LogP contribution in [0, 0.1) is 11.3 Å². The molecule has 0 radical (unpaired) electrons. The van der Waals surface area contributed by atoms with Crippen molar-refractivity contribution in [2.24, 2.45) is 5.73 Å². The standard InChI is InChI=1S/C13H18N4/c14-8-10-6-7-16-9-13(10)17-12-5-3-1-2-4-11(12)15/h6-7,9,11-12,17H,1-5,15H2. The first-order chi connectivity index (χ1) is 8.31. The molecule has 0 aliphatic heterocycles. The number of nitrogens with zero attached hydrogens (tertiary/aromatic N) is 2. The van der Waals surface area contributed by atoms with Crippen LogP contribution in [-0.4, -0.2) is 17.1 Å². The molecule has 90 valence electrons. The van der Waals surface area contributed by atoms with Crippen molar-refractivity contribution in [1.29, 1.82) is 5.26 Å². The van der Waals surface area contributed by atoms with E-state index in [9.17, 15) is 0 Å². The van der Waals surface area contributed by atoms with E-state index < -0.39 is 0 Å². The Kier molecular flexibility index (Phi) is 3.94. The van der Waals surface area contributed by atoms with E-state index in [-0.39, 0.29) is 12.1 Å². The van der Waals surface area contributed by atoms with Gasteiger partial charge in [-0.15, -0.1) is 0 Å². The van der Waals surface area contributed by atoms with Crippen molar-refractivity contribution in [3.05, 3.63) is 24.0 Å². The molecule has 0 saturated heterocycles. The summed E-state index contributed by atoms with van der Waals surface area (Å²) in [5, 5.41) is 12.4. The Morgan fingerprint density at radius 3 is 3.00 bits per heavy atom. The average molecular weight is 230 g/mol. The molecular formula is C13H18N4. The number of aromatic nitrogens is 1. The zero-order chi connectivity index (χ0) is 12.1. The van der Waals surface area contributed by atoms with Crippen LogP contribution in [0.3, 0.4) is 0 Å². The molecule has 0 bridgehead atoms. The number of hydrogen-bond acceptors (Lipinski definition) is 4. The van der Waals surface area contributed by atoms with Gasteiger partial charge in [0, 0.05) is 18.3 Å². The van der Waals surface area contributed by atoms with Crippen LogP contribution in [-0.2, 0) is 0 Å². The molecule has 4 nitrogen and oxygen atoms in total. The minimum Gasteiger partial charge on any atom is -0.378 e. The Labute approximate surface area is 102 Å². The highest BCUT2D eigenvalue weighted by atomic mass is 15.0. The fourth-order valence-corrected chi connectivity index (χ4v) is 2.32. The van der Waals surface area contributed by atoms with Gasteiger partial charge in [0.05, 0.1) is 17.4 Å². The molecule has 1 aromatic rings. The van der Waals surface area contributed by atoms with Crippen LogP contribution in [0.15, 0.2) is 18.5 Å². The lowest BCUT2D eigenvalue weighted by Crippen LogP contribution is -2.39. The summed E-state index contributed by atoms with van der Waals surface area (Å²) < 4.78 is 0. The first-order valence-corrected chi connectivity index (χ1v) is 6.17. The van der Waals surface area contributed by atoms with Crippen molar-refractivity contribution >= 4 is 5.69 Å². The third-order valence-corrected chi connectivity index (χ3v) is 3.35. The van der Waals surface area contributed by atoms with E-state index in [1.165, 1.54) is 19.3 Å². The first-order valence-electron chi connectivity index (χ1n) is 6.17. The smallest absolute Gasteiger partial charge is 0.101 e. The van der Waals surface area contributed by atoms with Gasteiger partial charge in [-0.1, -0.05) is 19.3 Å². The van der Waals surface area contributed by atoms with Crippen molar-refractivity contribution in [2.75, 3.05) is 5.32 Å². The Morgan fingerprint density at radius 1 is 1.35 bits per heavy atom. The molecule has 2 rings (SSSR count). The Bertz CT molecular complexity index is 410. The Hall–Kier alpha value is -1.60. The number of nitrogens with two attached hydrogens (primary N) is 1. The Balaban J connectivity index is 2.11. The summed E-state index contributed by atoms with van der Waals surface area (Å²) in [6.07, 6.45) is 9.13. The molecule has 2 atom stereocenters. The zero-order valence-corrected chi connectivity index (χ0v) is 9.89. The summed E-state index contributed by atoms with van der Waals surface area (Å²) in [5.74, 6) is 0. The van der Waals surface area contributed by atoms with E-state index >= 15 is 0 Å². The third kappa shape index (κ3) is 2.95. The highest BCUT2D eigenvalue weighted by Gasteiger charge is 2.20. The molecule has 2 unspecified atom stereocenters. The van der Waals surface area contributed by atoms with Crippen LogP contribution >= 0.6 is 0 Å². The molecule has 0 aromatic carbocycles. The van der Waals surface area contributed by atoms with E-state index in [2.05, 4.69) is 16.4 Å². The van der Waals surface area contributed by atoms with Gasteiger partial charge in [0.15, 0.2) is 0 Å². The topological polar surface area (TPSA) is 74.7 Å². The summed E-state index contributed by atoms with van der Waals surface area (Å²) in [6.45, 7) is 0. The normalized spacial score (nSPS) is 24.7. The molecule has 1 fully saturated rings. The third-order valence-electron chi connectivity index (χ3n) is 3.35. The summed E-state index contributed by atoms with van der Waals surface area (Å²) in [5.41, 5.74) is 7.59. The van der Waals surface area contributed by atoms with E-state index in [0.717, 1.165) is 18.5 Å². The SMILES string of the molecule is N#Cc1ccncc1NC1CCCCCC1N. The zero-order valence-electron chi connectivity index (χ0n) is 9.89. The Morgan fingerprint density at radius 2 is 2.18 bits per heavy atom. The first kappa shape index (κ1) is 11.9. The molecular weight excluding hydrogens is 212 g/mol. The molecule has 1 aliphatic rings. The number of hydrogen-bond donors (Lipinski definition) is 2. The van der Waals surface area contributed by atoms with Crippen molar-refractivity contribution < 1.29 is 0 Å². The molecule has 1 aliphatic carbocycles. The van der Waals surface area contributed by atoms with Crippen molar-refractivity contribution in [3.63, 3.8) is 0 Å². The van der Waals surface area contributed by atoms with Crippen LogP contribution in [0.4, 0.5) is 5.69 Å². The minimum absolute atomic E-state index is 0.171. The van der Waals surface area contributed by atoms with Crippen LogP contribution in [0.1, 0.15) is 37.7 Å². The van der Waals surface area contributed by atoms with Crippen molar-refractivity contribution in [1.82, 2.24) is 4.98 Å². The summed E-state index contributed by atoms with van der Waals surface area (Å²) >= 11 is 0. The maximum atomic E-state index is 9.02. The molecule has 1 aromatic heterocycles. The second-order valence-electron chi connectivity index (χ2n) is 4.59. The molecule has 17 heavy (non-hydrogen) atoms. The minimum atomic E-state index is 0.171. The summed E-state index contributed by atoms with van der Waals surface area (Å²) in [7, 11) is 0. The highest BCUT2D eigenvalue weighted by Crippen LogP contribution is 2.21. The van der Waals surface area contributed by atoms with Crippen LogP contribution < -0.4 is 11.1 Å². The fraction of sp³-hybridized carbons (Fsp3) is 0.538. The number of rotatable bonds is 2. The van der Waals surface area contributed by atoms with Gasteiger partial charge in [0.1, 0.15) is 6.07 Å². The molecule has 1 heterocycles. The predicted molar refractivity (Wildman–Crippen MR) is 67.4 cm³/mol. The molecule has 0 amide bonds. The van der Waals surface area contributed by atoms with Gasteiger partial charge in [0.25, 0.3) is 0 Å². The van der Waals surface area contributed by atoms with Crippen LogP contribution in [0.2, 0.25) is 0 Å². The summed E-state index contributed by atoms with van der Waals surface area (Å²) in [6, 6.07) is 4.33. The van der Waals surface area contributed by atoms with Gasteiger partial charge in [-0.2, -0.15) is 5.26 Å². The van der Waals surface area contributed by atoms with Crippen molar-refractivity contribution in [3.8, 4) is 6.07 Å².